The maximum atomic E-state index is 6.07. The van der Waals surface area contributed by atoms with Crippen molar-refractivity contribution in [2.45, 2.75) is 27.3 Å². The fourth-order valence-corrected chi connectivity index (χ4v) is 3.17. The minimum absolute atomic E-state index is 0.709. The van der Waals surface area contributed by atoms with Crippen LogP contribution in [0.15, 0.2) is 65.2 Å². The number of rotatable bonds is 4. The summed E-state index contributed by atoms with van der Waals surface area (Å²) in [6.45, 7) is 7.10. The first-order valence-corrected chi connectivity index (χ1v) is 9.08. The molecule has 0 bridgehead atoms. The lowest BCUT2D eigenvalue weighted by Crippen LogP contribution is -2.30. The Morgan fingerprint density at radius 1 is 1.12 bits per heavy atom. The second-order valence-corrected chi connectivity index (χ2v) is 7.06. The number of aliphatic imine (C=N–C) groups is 1. The molecule has 0 saturated carbocycles. The molecule has 3 nitrogen and oxygen atoms in total. The average Bonchev–Trinajstić information content (AvgIpc) is 2.63. The van der Waals surface area contributed by atoms with Crippen molar-refractivity contribution in [3.8, 4) is 0 Å². The molecule has 0 aliphatic carbocycles. The van der Waals surface area contributed by atoms with Crippen molar-refractivity contribution in [2.24, 2.45) is 4.99 Å². The predicted octanol–water partition coefficient (Wildman–Crippen LogP) is 5.29. The number of nitrogens with one attached hydrogen (secondary N) is 1. The maximum absolute atomic E-state index is 6.07. The van der Waals surface area contributed by atoms with Gasteiger partial charge < -0.3 is 10.2 Å². The molecule has 0 unspecified atom stereocenters. The fraction of sp³-hybridized carbons (Fsp3) is 0.227. The van der Waals surface area contributed by atoms with E-state index in [9.17, 15) is 0 Å². The van der Waals surface area contributed by atoms with Gasteiger partial charge in [0.15, 0.2) is 0 Å². The lowest BCUT2D eigenvalue weighted by atomic mass is 10.0. The van der Waals surface area contributed by atoms with E-state index >= 15 is 0 Å². The maximum Gasteiger partial charge on any atom is 0.137 e. The third kappa shape index (κ3) is 4.00. The normalized spacial score (nSPS) is 15.7. The van der Waals surface area contributed by atoms with Gasteiger partial charge in [-0.15, -0.1) is 0 Å². The zero-order chi connectivity index (χ0) is 18.7. The summed E-state index contributed by atoms with van der Waals surface area (Å²) in [5, 5.41) is 4.23. The zero-order valence-electron chi connectivity index (χ0n) is 15.7. The van der Waals surface area contributed by atoms with Crippen LogP contribution in [0.1, 0.15) is 29.2 Å². The lowest BCUT2D eigenvalue weighted by Gasteiger charge is -2.28. The molecular weight excluding hydrogens is 342 g/mol. The first-order chi connectivity index (χ1) is 12.5. The van der Waals surface area contributed by atoms with E-state index in [4.69, 9.17) is 11.6 Å². The molecule has 0 spiro atoms. The first-order valence-electron chi connectivity index (χ1n) is 8.70. The Kier molecular flexibility index (Phi) is 5.48. The number of aryl methyl sites for hydroxylation is 2. The highest BCUT2D eigenvalue weighted by atomic mass is 35.5. The molecule has 0 saturated heterocycles. The highest BCUT2D eigenvalue weighted by molar-refractivity contribution is 6.30. The van der Waals surface area contributed by atoms with Crippen LogP contribution < -0.4 is 5.32 Å². The van der Waals surface area contributed by atoms with Crippen molar-refractivity contribution in [3.63, 3.8) is 0 Å². The summed E-state index contributed by atoms with van der Waals surface area (Å²) in [5.74, 6) is 1.96. The van der Waals surface area contributed by atoms with Crippen LogP contribution in [0.2, 0.25) is 5.02 Å². The monoisotopic (exact) mass is 365 g/mol. The van der Waals surface area contributed by atoms with Crippen LogP contribution in [-0.2, 0) is 6.54 Å². The Morgan fingerprint density at radius 3 is 2.65 bits per heavy atom. The Balaban J connectivity index is 1.80. The highest BCUT2D eigenvalue weighted by Gasteiger charge is 2.16. The smallest absolute Gasteiger partial charge is 0.137 e. The molecule has 2 aromatic carbocycles. The second-order valence-electron chi connectivity index (χ2n) is 6.62. The van der Waals surface area contributed by atoms with E-state index in [-0.39, 0.29) is 0 Å². The number of allylic oxidation sites excluding steroid dienone is 2. The van der Waals surface area contributed by atoms with E-state index in [1.165, 1.54) is 16.7 Å². The average molecular weight is 366 g/mol. The summed E-state index contributed by atoms with van der Waals surface area (Å²) in [4.78, 5) is 6.69. The van der Waals surface area contributed by atoms with Crippen LogP contribution in [0.25, 0.3) is 5.57 Å². The van der Waals surface area contributed by atoms with Crippen LogP contribution in [0.4, 0.5) is 0 Å². The van der Waals surface area contributed by atoms with Crippen molar-refractivity contribution < 1.29 is 0 Å². The number of benzene rings is 2. The van der Waals surface area contributed by atoms with Crippen molar-refractivity contribution in [1.82, 2.24) is 10.2 Å². The van der Waals surface area contributed by atoms with E-state index in [1.54, 1.807) is 0 Å². The van der Waals surface area contributed by atoms with Crippen molar-refractivity contribution in [3.05, 3.63) is 87.5 Å². The SMILES string of the molecule is C/C(=C1/N=CC=C(NCc2cccc(Cl)c2)N1C)c1ccc(C)c(C)c1. The molecule has 1 aliphatic rings. The van der Waals surface area contributed by atoms with Gasteiger partial charge in [-0.2, -0.15) is 0 Å². The third-order valence-corrected chi connectivity index (χ3v) is 4.98. The molecule has 0 fully saturated rings. The Hall–Kier alpha value is -2.52. The summed E-state index contributed by atoms with van der Waals surface area (Å²) >= 11 is 6.07. The molecule has 1 aliphatic heterocycles. The van der Waals surface area contributed by atoms with Crippen LogP contribution >= 0.6 is 11.6 Å². The van der Waals surface area contributed by atoms with Crippen LogP contribution in [0.5, 0.6) is 0 Å². The summed E-state index contributed by atoms with van der Waals surface area (Å²) in [6.07, 6.45) is 3.84. The van der Waals surface area contributed by atoms with Crippen molar-refractivity contribution in [2.75, 3.05) is 7.05 Å². The van der Waals surface area contributed by atoms with Gasteiger partial charge in [-0.1, -0.05) is 41.9 Å². The number of hydrogen-bond donors (Lipinski definition) is 1. The summed E-state index contributed by atoms with van der Waals surface area (Å²) in [6, 6.07) is 14.4. The van der Waals surface area contributed by atoms with Gasteiger partial charge in [0, 0.05) is 24.8 Å². The molecule has 0 aromatic heterocycles. The van der Waals surface area contributed by atoms with Gasteiger partial charge in [-0.25, -0.2) is 4.99 Å². The second kappa shape index (κ2) is 7.79. The topological polar surface area (TPSA) is 27.6 Å². The molecule has 0 radical (unpaired) electrons. The van der Waals surface area contributed by atoms with Gasteiger partial charge >= 0.3 is 0 Å². The molecule has 3 rings (SSSR count). The lowest BCUT2D eigenvalue weighted by molar-refractivity contribution is 0.460. The molecule has 26 heavy (non-hydrogen) atoms. The number of hydrogen-bond acceptors (Lipinski definition) is 3. The Labute approximate surface area is 160 Å². The molecular formula is C22H24ClN3. The van der Waals surface area contributed by atoms with Crippen molar-refractivity contribution in [1.29, 1.82) is 0 Å². The van der Waals surface area contributed by atoms with Crippen LogP contribution in [0.3, 0.4) is 0 Å². The van der Waals surface area contributed by atoms with Crippen LogP contribution in [0, 0.1) is 13.8 Å². The molecule has 0 atom stereocenters. The minimum Gasteiger partial charge on any atom is -0.367 e. The Bertz CT molecular complexity index is 909. The number of nitrogens with zero attached hydrogens (tertiary/aromatic N) is 2. The van der Waals surface area contributed by atoms with E-state index in [2.05, 4.69) is 60.2 Å². The third-order valence-electron chi connectivity index (χ3n) is 4.75. The van der Waals surface area contributed by atoms with Gasteiger partial charge in [0.1, 0.15) is 11.6 Å². The predicted molar refractivity (Wildman–Crippen MR) is 111 cm³/mol. The van der Waals surface area contributed by atoms with Gasteiger partial charge in [0.2, 0.25) is 0 Å². The van der Waals surface area contributed by atoms with E-state index in [0.717, 1.165) is 27.8 Å². The van der Waals surface area contributed by atoms with Gasteiger partial charge in [0.25, 0.3) is 0 Å². The first kappa shape index (κ1) is 18.3. The summed E-state index contributed by atoms with van der Waals surface area (Å²) in [7, 11) is 2.03. The summed E-state index contributed by atoms with van der Waals surface area (Å²) < 4.78 is 0. The molecule has 1 heterocycles. The quantitative estimate of drug-likeness (QED) is 0.796. The van der Waals surface area contributed by atoms with E-state index < -0.39 is 0 Å². The fourth-order valence-electron chi connectivity index (χ4n) is 2.96. The molecule has 2 aromatic rings. The standard InChI is InChI=1S/C22H24ClN3/c1-15-8-9-19(12-16(15)2)17(3)22-24-11-10-21(26(22)4)25-14-18-6-5-7-20(23)13-18/h5-13,25H,14H2,1-4H3/b22-17+. The molecule has 1 N–H and O–H groups in total. The van der Waals surface area contributed by atoms with Gasteiger partial charge in [0.05, 0.1) is 0 Å². The largest absolute Gasteiger partial charge is 0.367 e. The van der Waals surface area contributed by atoms with Gasteiger partial charge in [-0.05, 0) is 66.8 Å². The van der Waals surface area contributed by atoms with E-state index in [0.29, 0.717) is 6.54 Å². The van der Waals surface area contributed by atoms with E-state index in [1.807, 2.05) is 37.5 Å². The van der Waals surface area contributed by atoms with Gasteiger partial charge in [-0.3, -0.25) is 0 Å². The minimum atomic E-state index is 0.709. The summed E-state index contributed by atoms with van der Waals surface area (Å²) in [5.41, 5.74) is 6.09. The molecule has 4 heteroatoms. The molecule has 134 valence electrons. The number of halogens is 1. The zero-order valence-corrected chi connectivity index (χ0v) is 16.4. The highest BCUT2D eigenvalue weighted by Crippen LogP contribution is 2.26. The Morgan fingerprint density at radius 2 is 1.92 bits per heavy atom. The van der Waals surface area contributed by atoms with Crippen LogP contribution in [-0.4, -0.2) is 18.2 Å². The molecule has 0 amide bonds. The van der Waals surface area contributed by atoms with Crippen molar-refractivity contribution >= 4 is 23.4 Å².